The molecule has 0 aliphatic rings. The van der Waals surface area contributed by atoms with Crippen LogP contribution in [0.5, 0.6) is 5.75 Å². The van der Waals surface area contributed by atoms with Gasteiger partial charge in [0.25, 0.3) is 5.91 Å². The summed E-state index contributed by atoms with van der Waals surface area (Å²) in [7, 11) is 0. The fourth-order valence-electron chi connectivity index (χ4n) is 2.68. The van der Waals surface area contributed by atoms with E-state index in [9.17, 15) is 4.79 Å². The molecule has 0 aliphatic carbocycles. The first kappa shape index (κ1) is 19.4. The average molecular weight is 362 g/mol. The number of thiazole rings is 1. The van der Waals surface area contributed by atoms with E-state index in [-0.39, 0.29) is 11.9 Å². The standard InChI is InChI=1S/C19H27N3O2S/c1-4-24-17-8-6-5-7-14(17)15(11-13(2)3)22-19(23)16-12-25-18(21-16)9-10-20/h5-8,12-13,15H,4,9-11,20H2,1-3H3,(H,22,23). The third-order valence-electron chi connectivity index (χ3n) is 3.75. The van der Waals surface area contributed by atoms with Gasteiger partial charge in [-0.2, -0.15) is 0 Å². The number of ether oxygens (including phenoxy) is 1. The van der Waals surface area contributed by atoms with Crippen molar-refractivity contribution in [2.75, 3.05) is 13.2 Å². The molecule has 0 spiro atoms. The molecule has 0 saturated carbocycles. The van der Waals surface area contributed by atoms with E-state index in [1.165, 1.54) is 11.3 Å². The third kappa shape index (κ3) is 5.54. The van der Waals surface area contributed by atoms with Gasteiger partial charge in [-0.25, -0.2) is 4.98 Å². The molecule has 0 bridgehead atoms. The van der Waals surface area contributed by atoms with Gasteiger partial charge < -0.3 is 15.8 Å². The average Bonchev–Trinajstić information content (AvgIpc) is 3.04. The van der Waals surface area contributed by atoms with E-state index in [1.807, 2.05) is 31.2 Å². The van der Waals surface area contributed by atoms with Gasteiger partial charge >= 0.3 is 0 Å². The van der Waals surface area contributed by atoms with Gasteiger partial charge in [-0.05, 0) is 31.9 Å². The highest BCUT2D eigenvalue weighted by Gasteiger charge is 2.21. The van der Waals surface area contributed by atoms with Crippen LogP contribution in [0.2, 0.25) is 0 Å². The van der Waals surface area contributed by atoms with E-state index in [2.05, 4.69) is 24.1 Å². The molecule has 5 nitrogen and oxygen atoms in total. The van der Waals surface area contributed by atoms with Crippen molar-refractivity contribution in [2.24, 2.45) is 11.7 Å². The fraction of sp³-hybridized carbons (Fsp3) is 0.474. The van der Waals surface area contributed by atoms with E-state index in [1.54, 1.807) is 5.38 Å². The molecule has 1 aromatic carbocycles. The van der Waals surface area contributed by atoms with Crippen LogP contribution in [0.15, 0.2) is 29.6 Å². The first-order valence-electron chi connectivity index (χ1n) is 8.72. The zero-order valence-corrected chi connectivity index (χ0v) is 15.9. The quantitative estimate of drug-likeness (QED) is 0.716. The van der Waals surface area contributed by atoms with Gasteiger partial charge in [-0.15, -0.1) is 11.3 Å². The number of carbonyl (C=O) groups excluding carboxylic acids is 1. The Bertz CT molecular complexity index is 685. The molecular weight excluding hydrogens is 334 g/mol. The molecule has 2 rings (SSSR count). The molecule has 136 valence electrons. The summed E-state index contributed by atoms with van der Waals surface area (Å²) in [5, 5.41) is 5.81. The summed E-state index contributed by atoms with van der Waals surface area (Å²) in [5.74, 6) is 1.10. The molecule has 1 heterocycles. The Hall–Kier alpha value is -1.92. The van der Waals surface area contributed by atoms with Crippen molar-refractivity contribution in [1.29, 1.82) is 0 Å². The molecule has 1 aromatic heterocycles. The second-order valence-electron chi connectivity index (χ2n) is 6.29. The van der Waals surface area contributed by atoms with Gasteiger partial charge in [0.15, 0.2) is 0 Å². The van der Waals surface area contributed by atoms with Crippen molar-refractivity contribution in [2.45, 2.75) is 39.7 Å². The van der Waals surface area contributed by atoms with Crippen molar-refractivity contribution in [1.82, 2.24) is 10.3 Å². The smallest absolute Gasteiger partial charge is 0.271 e. The highest BCUT2D eigenvalue weighted by molar-refractivity contribution is 7.09. The number of nitrogens with one attached hydrogen (secondary N) is 1. The molecule has 25 heavy (non-hydrogen) atoms. The van der Waals surface area contributed by atoms with E-state index >= 15 is 0 Å². The van der Waals surface area contributed by atoms with Crippen molar-refractivity contribution in [3.05, 3.63) is 45.9 Å². The molecule has 3 N–H and O–H groups in total. The lowest BCUT2D eigenvalue weighted by atomic mass is 9.96. The maximum atomic E-state index is 12.7. The minimum Gasteiger partial charge on any atom is -0.494 e. The van der Waals surface area contributed by atoms with Gasteiger partial charge in [0.2, 0.25) is 0 Å². The van der Waals surface area contributed by atoms with E-state index in [0.717, 1.165) is 22.7 Å². The van der Waals surface area contributed by atoms with Crippen LogP contribution < -0.4 is 15.8 Å². The van der Waals surface area contributed by atoms with E-state index < -0.39 is 0 Å². The number of hydrogen-bond donors (Lipinski definition) is 2. The molecule has 1 unspecified atom stereocenters. The lowest BCUT2D eigenvalue weighted by molar-refractivity contribution is 0.0927. The minimum absolute atomic E-state index is 0.116. The first-order chi connectivity index (χ1) is 12.0. The molecule has 2 aromatic rings. The number of para-hydroxylation sites is 1. The van der Waals surface area contributed by atoms with Crippen LogP contribution in [0.4, 0.5) is 0 Å². The Balaban J connectivity index is 2.21. The van der Waals surface area contributed by atoms with Gasteiger partial charge in [-0.1, -0.05) is 32.0 Å². The zero-order valence-electron chi connectivity index (χ0n) is 15.1. The minimum atomic E-state index is -0.156. The molecule has 1 atom stereocenters. The van der Waals surface area contributed by atoms with Crippen molar-refractivity contribution in [3.8, 4) is 5.75 Å². The molecule has 1 amide bonds. The molecule has 0 saturated heterocycles. The predicted molar refractivity (Wildman–Crippen MR) is 102 cm³/mol. The van der Waals surface area contributed by atoms with Gasteiger partial charge in [0.05, 0.1) is 17.7 Å². The second-order valence-corrected chi connectivity index (χ2v) is 7.23. The summed E-state index contributed by atoms with van der Waals surface area (Å²) in [6, 6.07) is 7.76. The Labute approximate surface area is 153 Å². The van der Waals surface area contributed by atoms with Gasteiger partial charge in [0, 0.05) is 17.4 Å². The number of nitrogens with zero attached hydrogens (tertiary/aromatic N) is 1. The van der Waals surface area contributed by atoms with Crippen molar-refractivity contribution >= 4 is 17.2 Å². The topological polar surface area (TPSA) is 77.2 Å². The number of carbonyl (C=O) groups is 1. The van der Waals surface area contributed by atoms with Crippen LogP contribution in [-0.2, 0) is 6.42 Å². The monoisotopic (exact) mass is 361 g/mol. The SMILES string of the molecule is CCOc1ccccc1C(CC(C)C)NC(=O)c1csc(CCN)n1. The molecule has 0 fully saturated rings. The van der Waals surface area contributed by atoms with E-state index in [0.29, 0.717) is 31.2 Å². The van der Waals surface area contributed by atoms with Crippen LogP contribution in [0.1, 0.15) is 54.3 Å². The summed E-state index contributed by atoms with van der Waals surface area (Å²) >= 11 is 1.47. The lowest BCUT2D eigenvalue weighted by Gasteiger charge is -2.23. The molecule has 0 radical (unpaired) electrons. The second kappa shape index (κ2) is 9.53. The first-order valence-corrected chi connectivity index (χ1v) is 9.60. The van der Waals surface area contributed by atoms with Crippen LogP contribution >= 0.6 is 11.3 Å². The highest BCUT2D eigenvalue weighted by atomic mass is 32.1. The van der Waals surface area contributed by atoms with E-state index in [4.69, 9.17) is 10.5 Å². The Morgan fingerprint density at radius 3 is 2.80 bits per heavy atom. The summed E-state index contributed by atoms with van der Waals surface area (Å²) in [5.41, 5.74) is 7.01. The molecular formula is C19H27N3O2S. The number of rotatable bonds is 9. The predicted octanol–water partition coefficient (Wildman–Crippen LogP) is 3.56. The van der Waals surface area contributed by atoms with Crippen LogP contribution in [0.25, 0.3) is 0 Å². The number of hydrogen-bond acceptors (Lipinski definition) is 5. The third-order valence-corrected chi connectivity index (χ3v) is 4.66. The number of nitrogens with two attached hydrogens (primary N) is 1. The van der Waals surface area contributed by atoms with Gasteiger partial charge in [0.1, 0.15) is 11.4 Å². The lowest BCUT2D eigenvalue weighted by Crippen LogP contribution is -2.30. The maximum Gasteiger partial charge on any atom is 0.271 e. The Morgan fingerprint density at radius 1 is 1.36 bits per heavy atom. The largest absolute Gasteiger partial charge is 0.494 e. The Kier molecular flexibility index (Phi) is 7.40. The summed E-state index contributed by atoms with van der Waals surface area (Å²) in [4.78, 5) is 17.0. The number of aromatic nitrogens is 1. The summed E-state index contributed by atoms with van der Waals surface area (Å²) in [6.07, 6.45) is 1.52. The number of amides is 1. The van der Waals surface area contributed by atoms with Gasteiger partial charge in [-0.3, -0.25) is 4.79 Å². The maximum absolute atomic E-state index is 12.7. The molecule has 0 aliphatic heterocycles. The van der Waals surface area contributed by atoms with Crippen molar-refractivity contribution < 1.29 is 9.53 Å². The summed E-state index contributed by atoms with van der Waals surface area (Å²) < 4.78 is 5.74. The summed E-state index contributed by atoms with van der Waals surface area (Å²) in [6.45, 7) is 7.37. The highest BCUT2D eigenvalue weighted by Crippen LogP contribution is 2.30. The fourth-order valence-corrected chi connectivity index (χ4v) is 3.47. The Morgan fingerprint density at radius 2 is 2.12 bits per heavy atom. The normalized spacial score (nSPS) is 12.2. The zero-order chi connectivity index (χ0) is 18.2. The van der Waals surface area contributed by atoms with Crippen LogP contribution in [0, 0.1) is 5.92 Å². The number of benzene rings is 1. The molecule has 6 heteroatoms. The van der Waals surface area contributed by atoms with Crippen LogP contribution in [0.3, 0.4) is 0 Å². The van der Waals surface area contributed by atoms with Crippen LogP contribution in [-0.4, -0.2) is 24.0 Å². The van der Waals surface area contributed by atoms with Crippen molar-refractivity contribution in [3.63, 3.8) is 0 Å².